The van der Waals surface area contributed by atoms with E-state index >= 15 is 0 Å². The van der Waals surface area contributed by atoms with E-state index in [1.165, 1.54) is 5.56 Å². The molecule has 1 saturated heterocycles. The minimum atomic E-state index is -0.246. The van der Waals surface area contributed by atoms with Crippen LogP contribution < -0.4 is 0 Å². The van der Waals surface area contributed by atoms with E-state index in [-0.39, 0.29) is 18.8 Å². The summed E-state index contributed by atoms with van der Waals surface area (Å²) in [5.74, 6) is 0. The van der Waals surface area contributed by atoms with Gasteiger partial charge in [-0.05, 0) is 18.4 Å². The molecule has 2 N–H and O–H groups in total. The predicted octanol–water partition coefficient (Wildman–Crippen LogP) is 1.00. The van der Waals surface area contributed by atoms with Crippen molar-refractivity contribution in [1.29, 1.82) is 0 Å². The summed E-state index contributed by atoms with van der Waals surface area (Å²) in [4.78, 5) is 2.25. The first-order valence-electron chi connectivity index (χ1n) is 5.86. The number of nitrogens with zero attached hydrogens (tertiary/aromatic N) is 1. The van der Waals surface area contributed by atoms with Gasteiger partial charge in [-0.1, -0.05) is 30.3 Å². The van der Waals surface area contributed by atoms with Crippen LogP contribution >= 0.6 is 0 Å². The van der Waals surface area contributed by atoms with Gasteiger partial charge in [-0.3, -0.25) is 4.90 Å². The van der Waals surface area contributed by atoms with Crippen molar-refractivity contribution >= 4 is 0 Å². The third-order valence-corrected chi connectivity index (χ3v) is 3.25. The summed E-state index contributed by atoms with van der Waals surface area (Å²) in [5.41, 5.74) is 1.26. The quantitative estimate of drug-likeness (QED) is 0.800. The Hall–Kier alpha value is -0.900. The van der Waals surface area contributed by atoms with Crippen LogP contribution in [0.25, 0.3) is 0 Å². The van der Waals surface area contributed by atoms with Gasteiger partial charge in [0.05, 0.1) is 12.7 Å². The van der Waals surface area contributed by atoms with Crippen molar-refractivity contribution < 1.29 is 10.2 Å². The maximum atomic E-state index is 9.56. The Morgan fingerprint density at radius 1 is 1.25 bits per heavy atom. The van der Waals surface area contributed by atoms with E-state index in [9.17, 15) is 10.2 Å². The van der Waals surface area contributed by atoms with Gasteiger partial charge in [0.2, 0.25) is 0 Å². The molecule has 0 saturated carbocycles. The molecule has 0 unspecified atom stereocenters. The normalized spacial score (nSPS) is 26.9. The van der Waals surface area contributed by atoms with E-state index in [1.807, 2.05) is 18.2 Å². The van der Waals surface area contributed by atoms with E-state index in [0.717, 1.165) is 19.5 Å². The van der Waals surface area contributed by atoms with Crippen LogP contribution in [0.2, 0.25) is 0 Å². The zero-order chi connectivity index (χ0) is 11.4. The Bertz CT molecular complexity index is 315. The van der Waals surface area contributed by atoms with E-state index < -0.39 is 0 Å². The molecule has 0 aromatic heterocycles. The van der Waals surface area contributed by atoms with Crippen LogP contribution in [0, 0.1) is 0 Å². The van der Waals surface area contributed by atoms with Crippen LogP contribution in [-0.4, -0.2) is 40.4 Å². The molecule has 1 aromatic carbocycles. The van der Waals surface area contributed by atoms with E-state index in [4.69, 9.17) is 0 Å². The highest BCUT2D eigenvalue weighted by Gasteiger charge is 2.26. The lowest BCUT2D eigenvalue weighted by molar-refractivity contribution is 0.0129. The van der Waals surface area contributed by atoms with Crippen molar-refractivity contribution in [3.05, 3.63) is 35.9 Å². The molecule has 0 spiro atoms. The predicted molar refractivity (Wildman–Crippen MR) is 63.0 cm³/mol. The fraction of sp³-hybridized carbons (Fsp3) is 0.538. The van der Waals surface area contributed by atoms with Crippen molar-refractivity contribution in [3.63, 3.8) is 0 Å². The molecule has 0 bridgehead atoms. The van der Waals surface area contributed by atoms with Crippen LogP contribution in [0.3, 0.4) is 0 Å². The van der Waals surface area contributed by atoms with E-state index in [2.05, 4.69) is 17.0 Å². The van der Waals surface area contributed by atoms with Gasteiger partial charge in [0, 0.05) is 19.1 Å². The summed E-state index contributed by atoms with van der Waals surface area (Å²) in [5, 5.41) is 18.9. The molecule has 3 heteroatoms. The minimum absolute atomic E-state index is 0.101. The van der Waals surface area contributed by atoms with Crippen LogP contribution in [0.1, 0.15) is 18.4 Å². The summed E-state index contributed by atoms with van der Waals surface area (Å²) >= 11 is 0. The highest BCUT2D eigenvalue weighted by molar-refractivity contribution is 5.14. The number of hydrogen-bond donors (Lipinski definition) is 2. The molecule has 0 aliphatic carbocycles. The highest BCUT2D eigenvalue weighted by Crippen LogP contribution is 2.19. The van der Waals surface area contributed by atoms with E-state index in [1.54, 1.807) is 0 Å². The summed E-state index contributed by atoms with van der Waals surface area (Å²) < 4.78 is 0. The molecular weight excluding hydrogens is 202 g/mol. The smallest absolute Gasteiger partial charge is 0.0587 e. The Labute approximate surface area is 96.3 Å². The Kier molecular flexibility index (Phi) is 3.93. The van der Waals surface area contributed by atoms with Gasteiger partial charge < -0.3 is 10.2 Å². The van der Waals surface area contributed by atoms with Gasteiger partial charge in [-0.15, -0.1) is 0 Å². The van der Waals surface area contributed by atoms with Gasteiger partial charge in [-0.25, -0.2) is 0 Å². The topological polar surface area (TPSA) is 43.7 Å². The largest absolute Gasteiger partial charge is 0.395 e. The number of rotatable bonds is 3. The van der Waals surface area contributed by atoms with Gasteiger partial charge in [0.1, 0.15) is 0 Å². The number of likely N-dealkylation sites (tertiary alicyclic amines) is 1. The zero-order valence-corrected chi connectivity index (χ0v) is 9.42. The molecule has 1 heterocycles. The molecule has 1 aliphatic heterocycles. The van der Waals surface area contributed by atoms with Crippen LogP contribution in [-0.2, 0) is 6.54 Å². The first-order chi connectivity index (χ1) is 7.79. The monoisotopic (exact) mass is 221 g/mol. The zero-order valence-electron chi connectivity index (χ0n) is 9.42. The van der Waals surface area contributed by atoms with E-state index in [0.29, 0.717) is 6.42 Å². The first kappa shape index (κ1) is 11.6. The van der Waals surface area contributed by atoms with Crippen LogP contribution in [0.5, 0.6) is 0 Å². The first-order valence-corrected chi connectivity index (χ1v) is 5.86. The van der Waals surface area contributed by atoms with Crippen LogP contribution in [0.15, 0.2) is 30.3 Å². The second-order valence-corrected chi connectivity index (χ2v) is 4.47. The molecular formula is C13H19NO2. The molecule has 0 radical (unpaired) electrons. The number of aliphatic hydroxyl groups is 2. The molecule has 0 amide bonds. The van der Waals surface area contributed by atoms with Gasteiger partial charge in [-0.2, -0.15) is 0 Å². The average Bonchev–Trinajstić information content (AvgIpc) is 2.33. The second kappa shape index (κ2) is 5.43. The third kappa shape index (κ3) is 2.82. The Morgan fingerprint density at radius 2 is 2.00 bits per heavy atom. The Morgan fingerprint density at radius 3 is 2.69 bits per heavy atom. The lowest BCUT2D eigenvalue weighted by atomic mass is 9.99. The lowest BCUT2D eigenvalue weighted by Gasteiger charge is -2.36. The third-order valence-electron chi connectivity index (χ3n) is 3.25. The van der Waals surface area contributed by atoms with Crippen molar-refractivity contribution in [1.82, 2.24) is 4.90 Å². The number of benzene rings is 1. The molecule has 1 aromatic rings. The molecule has 2 rings (SSSR count). The van der Waals surface area contributed by atoms with Gasteiger partial charge in [0.25, 0.3) is 0 Å². The summed E-state index contributed by atoms with van der Waals surface area (Å²) in [7, 11) is 0. The fourth-order valence-electron chi connectivity index (χ4n) is 2.29. The van der Waals surface area contributed by atoms with Crippen molar-refractivity contribution in [3.8, 4) is 0 Å². The molecule has 1 fully saturated rings. The summed E-state index contributed by atoms with van der Waals surface area (Å²) in [6, 6.07) is 10.4. The average molecular weight is 221 g/mol. The van der Waals surface area contributed by atoms with Gasteiger partial charge in [0.15, 0.2) is 0 Å². The molecule has 16 heavy (non-hydrogen) atoms. The minimum Gasteiger partial charge on any atom is -0.395 e. The number of piperidine rings is 1. The van der Waals surface area contributed by atoms with Crippen LogP contribution in [0.4, 0.5) is 0 Å². The molecule has 88 valence electrons. The molecule has 3 nitrogen and oxygen atoms in total. The number of hydrogen-bond acceptors (Lipinski definition) is 3. The summed E-state index contributed by atoms with van der Waals surface area (Å²) in [6.45, 7) is 1.85. The molecule has 2 atom stereocenters. The van der Waals surface area contributed by atoms with Crippen molar-refractivity contribution in [2.75, 3.05) is 13.2 Å². The standard InChI is InChI=1S/C13H19NO2/c15-10-12-8-13(16)6-7-14(12)9-11-4-2-1-3-5-11/h1-5,12-13,15-16H,6-10H2/t12-,13+/m0/s1. The maximum Gasteiger partial charge on any atom is 0.0587 e. The van der Waals surface area contributed by atoms with Crippen molar-refractivity contribution in [2.45, 2.75) is 31.5 Å². The fourth-order valence-corrected chi connectivity index (χ4v) is 2.29. The lowest BCUT2D eigenvalue weighted by Crippen LogP contribution is -2.45. The van der Waals surface area contributed by atoms with Gasteiger partial charge >= 0.3 is 0 Å². The molecule has 1 aliphatic rings. The van der Waals surface area contributed by atoms with Crippen molar-refractivity contribution in [2.24, 2.45) is 0 Å². The SMILES string of the molecule is OC[C@@H]1C[C@H](O)CCN1Cc1ccccc1. The maximum absolute atomic E-state index is 9.56. The number of aliphatic hydroxyl groups excluding tert-OH is 2. The Balaban J connectivity index is 1.98. The highest BCUT2D eigenvalue weighted by atomic mass is 16.3. The summed E-state index contributed by atoms with van der Waals surface area (Å²) in [6.07, 6.45) is 1.25. The second-order valence-electron chi connectivity index (χ2n) is 4.47.